The Morgan fingerprint density at radius 3 is 2.60 bits per heavy atom. The van der Waals surface area contributed by atoms with E-state index in [0.717, 1.165) is 0 Å². The van der Waals surface area contributed by atoms with Gasteiger partial charge in [0.1, 0.15) is 5.75 Å². The second kappa shape index (κ2) is 6.30. The van der Waals surface area contributed by atoms with E-state index in [-0.39, 0.29) is 5.88 Å². The van der Waals surface area contributed by atoms with Crippen LogP contribution in [0.4, 0.5) is 0 Å². The molecule has 0 spiro atoms. The van der Waals surface area contributed by atoms with Crippen molar-refractivity contribution in [3.8, 4) is 5.75 Å². The van der Waals surface area contributed by atoms with Crippen molar-refractivity contribution >= 4 is 17.6 Å². The molecule has 0 aliphatic rings. The Hall–Kier alpha value is -1.22. The van der Waals surface area contributed by atoms with Crippen LogP contribution in [0.2, 0.25) is 0 Å². The summed E-state index contributed by atoms with van der Waals surface area (Å²) in [7, 11) is 0. The Morgan fingerprint density at radius 2 is 2.07 bits per heavy atom. The molecular weight excluding hydrogens is 216 g/mol. The zero-order chi connectivity index (χ0) is 11.1. The fourth-order valence-corrected chi connectivity index (χ4v) is 1.23. The quantitative estimate of drug-likeness (QED) is 0.573. The van der Waals surface area contributed by atoms with E-state index in [0.29, 0.717) is 12.4 Å². The average molecular weight is 229 g/mol. The molecule has 1 aromatic carbocycles. The summed E-state index contributed by atoms with van der Waals surface area (Å²) in [6.45, 7) is 2.07. The number of benzene rings is 1. The van der Waals surface area contributed by atoms with Crippen LogP contribution >= 0.6 is 11.6 Å². The van der Waals surface area contributed by atoms with Crippen LogP contribution in [0.1, 0.15) is 6.92 Å². The predicted molar refractivity (Wildman–Crippen MR) is 58.2 cm³/mol. The van der Waals surface area contributed by atoms with Crippen molar-refractivity contribution in [2.45, 2.75) is 13.0 Å². The fraction of sp³-hybridized carbons (Fsp3) is 0.364. The molecule has 0 amide bonds. The lowest BCUT2D eigenvalue weighted by Crippen LogP contribution is -2.31. The zero-order valence-electron chi connectivity index (χ0n) is 8.48. The van der Waals surface area contributed by atoms with Gasteiger partial charge in [0.05, 0.1) is 12.5 Å². The summed E-state index contributed by atoms with van der Waals surface area (Å²) in [5.74, 6) is 0.251. The van der Waals surface area contributed by atoms with Crippen molar-refractivity contribution in [1.82, 2.24) is 0 Å². The summed E-state index contributed by atoms with van der Waals surface area (Å²) in [6.07, 6.45) is -0.742. The molecule has 0 N–H and O–H groups in total. The minimum absolute atomic E-state index is 0.0771. The highest BCUT2D eigenvalue weighted by molar-refractivity contribution is 6.19. The van der Waals surface area contributed by atoms with Crippen molar-refractivity contribution in [3.05, 3.63) is 30.3 Å². The molecule has 0 aliphatic heterocycles. The number of hydrogen-bond acceptors (Lipinski definition) is 3. The first-order chi connectivity index (χ1) is 7.27. The number of carbonyl (C=O) groups excluding carboxylic acids is 1. The summed E-state index contributed by atoms with van der Waals surface area (Å²) in [5.41, 5.74) is 0. The van der Waals surface area contributed by atoms with Crippen LogP contribution in [-0.2, 0) is 9.53 Å². The van der Waals surface area contributed by atoms with Crippen molar-refractivity contribution in [1.29, 1.82) is 0 Å². The van der Waals surface area contributed by atoms with Crippen LogP contribution in [0, 0.1) is 0 Å². The number of rotatable bonds is 5. The highest BCUT2D eigenvalue weighted by Gasteiger charge is 2.20. The van der Waals surface area contributed by atoms with Crippen LogP contribution in [0.15, 0.2) is 30.3 Å². The van der Waals surface area contributed by atoms with Gasteiger partial charge in [-0.25, -0.2) is 4.79 Å². The van der Waals surface area contributed by atoms with Crippen LogP contribution in [0.3, 0.4) is 0 Å². The topological polar surface area (TPSA) is 35.5 Å². The Kier molecular flexibility index (Phi) is 4.98. The number of alkyl halides is 1. The van der Waals surface area contributed by atoms with Crippen molar-refractivity contribution < 1.29 is 14.3 Å². The van der Waals surface area contributed by atoms with Gasteiger partial charge in [-0.1, -0.05) is 18.2 Å². The van der Waals surface area contributed by atoms with Gasteiger partial charge in [0.15, 0.2) is 0 Å². The molecule has 0 aromatic heterocycles. The second-order valence-electron chi connectivity index (χ2n) is 2.83. The first kappa shape index (κ1) is 11.9. The van der Waals surface area contributed by atoms with E-state index in [1.807, 2.05) is 18.2 Å². The van der Waals surface area contributed by atoms with Gasteiger partial charge in [0.25, 0.3) is 0 Å². The largest absolute Gasteiger partial charge is 0.477 e. The fourth-order valence-electron chi connectivity index (χ4n) is 1.04. The molecule has 0 bridgehead atoms. The number of hydrogen-bond donors (Lipinski definition) is 0. The minimum atomic E-state index is -0.742. The number of halogens is 1. The molecule has 1 atom stereocenters. The van der Waals surface area contributed by atoms with E-state index in [1.54, 1.807) is 19.1 Å². The maximum atomic E-state index is 11.3. The molecule has 0 saturated carbocycles. The van der Waals surface area contributed by atoms with Crippen molar-refractivity contribution in [3.63, 3.8) is 0 Å². The molecule has 82 valence electrons. The van der Waals surface area contributed by atoms with Gasteiger partial charge >= 0.3 is 5.97 Å². The van der Waals surface area contributed by atoms with Crippen LogP contribution < -0.4 is 4.74 Å². The maximum absolute atomic E-state index is 11.3. The standard InChI is InChI=1S/C11H13ClO3/c1-2-14-11(13)10(8-12)15-9-6-4-3-5-7-9/h3-7,10H,2,8H2,1H3. The predicted octanol–water partition coefficient (Wildman–Crippen LogP) is 2.24. The number of carbonyl (C=O) groups is 1. The summed E-state index contributed by atoms with van der Waals surface area (Å²) >= 11 is 5.62. The molecule has 0 heterocycles. The van der Waals surface area contributed by atoms with Gasteiger partial charge in [0.2, 0.25) is 6.10 Å². The molecule has 4 heteroatoms. The normalized spacial score (nSPS) is 11.9. The number of ether oxygens (including phenoxy) is 2. The molecule has 1 unspecified atom stereocenters. The molecular formula is C11H13ClO3. The van der Waals surface area contributed by atoms with Crippen LogP contribution in [0.25, 0.3) is 0 Å². The van der Waals surface area contributed by atoms with E-state index in [4.69, 9.17) is 21.1 Å². The molecule has 0 aliphatic carbocycles. The van der Waals surface area contributed by atoms with E-state index in [1.165, 1.54) is 0 Å². The monoisotopic (exact) mass is 228 g/mol. The summed E-state index contributed by atoms with van der Waals surface area (Å²) in [5, 5.41) is 0. The van der Waals surface area contributed by atoms with Gasteiger partial charge in [-0.2, -0.15) is 0 Å². The summed E-state index contributed by atoms with van der Waals surface area (Å²) < 4.78 is 10.2. The lowest BCUT2D eigenvalue weighted by molar-refractivity contribution is -0.150. The van der Waals surface area contributed by atoms with Crippen LogP contribution in [0.5, 0.6) is 5.75 Å². The highest BCUT2D eigenvalue weighted by Crippen LogP contribution is 2.12. The number of esters is 1. The SMILES string of the molecule is CCOC(=O)C(CCl)Oc1ccccc1. The third-order valence-corrected chi connectivity index (χ3v) is 1.99. The smallest absolute Gasteiger partial charge is 0.348 e. The molecule has 1 aromatic rings. The Labute approximate surface area is 93.9 Å². The van der Waals surface area contributed by atoms with E-state index in [9.17, 15) is 4.79 Å². The highest BCUT2D eigenvalue weighted by atomic mass is 35.5. The van der Waals surface area contributed by atoms with Gasteiger partial charge in [-0.05, 0) is 19.1 Å². The van der Waals surface area contributed by atoms with Gasteiger partial charge in [0, 0.05) is 0 Å². The Morgan fingerprint density at radius 1 is 1.40 bits per heavy atom. The molecule has 1 rings (SSSR count). The summed E-state index contributed by atoms with van der Waals surface area (Å²) in [4.78, 5) is 11.3. The molecule has 3 nitrogen and oxygen atoms in total. The van der Waals surface area contributed by atoms with E-state index < -0.39 is 12.1 Å². The lowest BCUT2D eigenvalue weighted by atomic mass is 10.3. The van der Waals surface area contributed by atoms with E-state index in [2.05, 4.69) is 0 Å². The number of para-hydroxylation sites is 1. The third kappa shape index (κ3) is 3.80. The van der Waals surface area contributed by atoms with Crippen molar-refractivity contribution in [2.75, 3.05) is 12.5 Å². The molecule has 0 radical (unpaired) electrons. The van der Waals surface area contributed by atoms with Gasteiger partial charge in [-0.3, -0.25) is 0 Å². The minimum Gasteiger partial charge on any atom is -0.477 e. The first-order valence-electron chi connectivity index (χ1n) is 4.72. The van der Waals surface area contributed by atoms with E-state index >= 15 is 0 Å². The van der Waals surface area contributed by atoms with Crippen molar-refractivity contribution in [2.24, 2.45) is 0 Å². The van der Waals surface area contributed by atoms with Gasteiger partial charge < -0.3 is 9.47 Å². The van der Waals surface area contributed by atoms with Gasteiger partial charge in [-0.15, -0.1) is 11.6 Å². The lowest BCUT2D eigenvalue weighted by Gasteiger charge is -2.14. The first-order valence-corrected chi connectivity index (χ1v) is 5.25. The zero-order valence-corrected chi connectivity index (χ0v) is 9.24. The molecule has 15 heavy (non-hydrogen) atoms. The summed E-state index contributed by atoms with van der Waals surface area (Å²) in [6, 6.07) is 9.04. The Balaban J connectivity index is 2.58. The molecule has 0 fully saturated rings. The molecule has 0 saturated heterocycles. The Bertz CT molecular complexity index is 300. The second-order valence-corrected chi connectivity index (χ2v) is 3.13. The third-order valence-electron chi connectivity index (χ3n) is 1.71. The maximum Gasteiger partial charge on any atom is 0.348 e. The van der Waals surface area contributed by atoms with Crippen LogP contribution in [-0.4, -0.2) is 24.6 Å². The average Bonchev–Trinajstić information content (AvgIpc) is 2.27.